The first-order valence-corrected chi connectivity index (χ1v) is 10.0. The molecule has 3 rings (SSSR count). The van der Waals surface area contributed by atoms with Gasteiger partial charge in [-0.3, -0.25) is 14.2 Å². The Morgan fingerprint density at radius 1 is 1.25 bits per heavy atom. The standard InChI is InChI=1S/C20H25N3O4S/c1-27-19(26)13-8-9-15-16(12-13)22-20(28)23(18(15)25)11-10-17(24)21-14-6-4-2-3-5-7-14/h8-9,12,14H,2-7,10-11H2,1H3,(H,21,24)(H,22,28). The lowest BCUT2D eigenvalue weighted by atomic mass is 10.1. The van der Waals surface area contributed by atoms with Crippen molar-refractivity contribution in [2.24, 2.45) is 0 Å². The Morgan fingerprint density at radius 2 is 1.96 bits per heavy atom. The van der Waals surface area contributed by atoms with Crippen LogP contribution in [0.1, 0.15) is 55.3 Å². The molecule has 1 aliphatic rings. The maximum Gasteiger partial charge on any atom is 0.337 e. The van der Waals surface area contributed by atoms with Crippen LogP contribution in [0.3, 0.4) is 0 Å². The monoisotopic (exact) mass is 403 g/mol. The summed E-state index contributed by atoms with van der Waals surface area (Å²) in [5.74, 6) is -0.546. The highest BCUT2D eigenvalue weighted by Gasteiger charge is 2.15. The van der Waals surface area contributed by atoms with Gasteiger partial charge < -0.3 is 15.0 Å². The molecule has 1 saturated carbocycles. The number of carbonyl (C=O) groups is 2. The molecule has 0 bridgehead atoms. The molecule has 0 atom stereocenters. The summed E-state index contributed by atoms with van der Waals surface area (Å²) in [6, 6.07) is 4.88. The highest BCUT2D eigenvalue weighted by Crippen LogP contribution is 2.17. The molecule has 7 nitrogen and oxygen atoms in total. The van der Waals surface area contributed by atoms with Gasteiger partial charge in [0, 0.05) is 19.0 Å². The molecule has 0 spiro atoms. The van der Waals surface area contributed by atoms with Crippen LogP contribution in [0.15, 0.2) is 23.0 Å². The molecule has 1 fully saturated rings. The number of esters is 1. The summed E-state index contributed by atoms with van der Waals surface area (Å²) in [4.78, 5) is 39.7. The molecule has 1 aromatic carbocycles. The highest BCUT2D eigenvalue weighted by molar-refractivity contribution is 7.71. The molecule has 0 unspecified atom stereocenters. The summed E-state index contributed by atoms with van der Waals surface area (Å²) in [5, 5.41) is 3.49. The van der Waals surface area contributed by atoms with E-state index in [4.69, 9.17) is 17.0 Å². The Balaban J connectivity index is 1.74. The maximum absolute atomic E-state index is 12.8. The largest absolute Gasteiger partial charge is 0.465 e. The molecular formula is C20H25N3O4S. The van der Waals surface area contributed by atoms with E-state index in [-0.39, 0.29) is 35.2 Å². The van der Waals surface area contributed by atoms with E-state index in [0.717, 1.165) is 25.7 Å². The Labute approximate surface area is 168 Å². The molecule has 1 aromatic heterocycles. The molecule has 1 aliphatic carbocycles. The fraction of sp³-hybridized carbons (Fsp3) is 0.500. The van der Waals surface area contributed by atoms with Crippen LogP contribution in [-0.2, 0) is 16.1 Å². The number of aromatic amines is 1. The third kappa shape index (κ3) is 4.67. The van der Waals surface area contributed by atoms with E-state index >= 15 is 0 Å². The van der Waals surface area contributed by atoms with Crippen molar-refractivity contribution in [2.75, 3.05) is 7.11 Å². The van der Waals surface area contributed by atoms with Crippen LogP contribution in [0, 0.1) is 4.77 Å². The van der Waals surface area contributed by atoms with Gasteiger partial charge in [0.05, 0.1) is 23.6 Å². The summed E-state index contributed by atoms with van der Waals surface area (Å²) < 4.78 is 6.31. The molecule has 8 heteroatoms. The number of benzene rings is 1. The average molecular weight is 404 g/mol. The van der Waals surface area contributed by atoms with Crippen molar-refractivity contribution in [3.8, 4) is 0 Å². The van der Waals surface area contributed by atoms with Crippen molar-refractivity contribution in [1.29, 1.82) is 0 Å². The van der Waals surface area contributed by atoms with Gasteiger partial charge in [-0.25, -0.2) is 4.79 Å². The normalized spacial score (nSPS) is 15.2. The van der Waals surface area contributed by atoms with Crippen LogP contribution in [-0.4, -0.2) is 34.6 Å². The van der Waals surface area contributed by atoms with Crippen molar-refractivity contribution in [3.63, 3.8) is 0 Å². The van der Waals surface area contributed by atoms with Crippen LogP contribution in [0.2, 0.25) is 0 Å². The predicted molar refractivity (Wildman–Crippen MR) is 109 cm³/mol. The van der Waals surface area contributed by atoms with E-state index in [2.05, 4.69) is 10.3 Å². The first kappa shape index (κ1) is 20.3. The minimum Gasteiger partial charge on any atom is -0.465 e. The molecule has 1 heterocycles. The Morgan fingerprint density at radius 3 is 2.64 bits per heavy atom. The molecule has 0 radical (unpaired) electrons. The third-order valence-electron chi connectivity index (χ3n) is 5.19. The van der Waals surface area contributed by atoms with Crippen molar-refractivity contribution in [3.05, 3.63) is 38.9 Å². The second-order valence-corrected chi connectivity index (χ2v) is 7.53. The lowest BCUT2D eigenvalue weighted by Crippen LogP contribution is -2.35. The lowest BCUT2D eigenvalue weighted by molar-refractivity contribution is -0.122. The highest BCUT2D eigenvalue weighted by atomic mass is 32.1. The van der Waals surface area contributed by atoms with Gasteiger partial charge in [-0.05, 0) is 43.3 Å². The fourth-order valence-electron chi connectivity index (χ4n) is 3.64. The van der Waals surface area contributed by atoms with Crippen LogP contribution in [0.25, 0.3) is 10.9 Å². The van der Waals surface area contributed by atoms with Gasteiger partial charge >= 0.3 is 5.97 Å². The number of methoxy groups -OCH3 is 1. The number of ether oxygens (including phenoxy) is 1. The second kappa shape index (κ2) is 9.14. The predicted octanol–water partition coefficient (Wildman–Crippen LogP) is 3.07. The van der Waals surface area contributed by atoms with E-state index in [0.29, 0.717) is 16.5 Å². The molecule has 0 saturated heterocycles. The van der Waals surface area contributed by atoms with Gasteiger partial charge in [-0.15, -0.1) is 0 Å². The fourth-order valence-corrected chi connectivity index (χ4v) is 3.92. The summed E-state index contributed by atoms with van der Waals surface area (Å²) in [6.07, 6.45) is 6.98. The van der Waals surface area contributed by atoms with E-state index in [1.54, 1.807) is 12.1 Å². The van der Waals surface area contributed by atoms with Gasteiger partial charge in [0.2, 0.25) is 5.91 Å². The topological polar surface area (TPSA) is 93.2 Å². The van der Waals surface area contributed by atoms with Crippen LogP contribution in [0.4, 0.5) is 0 Å². The van der Waals surface area contributed by atoms with E-state index in [9.17, 15) is 14.4 Å². The Hall–Kier alpha value is -2.48. The number of carbonyl (C=O) groups excluding carboxylic acids is 2. The number of hydrogen-bond acceptors (Lipinski definition) is 5. The van der Waals surface area contributed by atoms with E-state index in [1.807, 2.05) is 0 Å². The zero-order valence-electron chi connectivity index (χ0n) is 16.0. The number of H-pyrrole nitrogens is 1. The quantitative estimate of drug-likeness (QED) is 0.455. The first-order chi connectivity index (χ1) is 13.5. The molecule has 28 heavy (non-hydrogen) atoms. The summed E-state index contributed by atoms with van der Waals surface area (Å²) >= 11 is 5.30. The Bertz CT molecular complexity index is 987. The summed E-state index contributed by atoms with van der Waals surface area (Å²) in [7, 11) is 1.30. The van der Waals surface area contributed by atoms with E-state index in [1.165, 1.54) is 30.6 Å². The molecule has 2 aromatic rings. The minimum atomic E-state index is -0.486. The zero-order chi connectivity index (χ0) is 20.1. The van der Waals surface area contributed by atoms with Gasteiger partial charge in [-0.2, -0.15) is 0 Å². The number of rotatable bonds is 5. The molecule has 1 amide bonds. The number of nitrogens with zero attached hydrogens (tertiary/aromatic N) is 1. The van der Waals surface area contributed by atoms with Gasteiger partial charge in [0.1, 0.15) is 0 Å². The number of amides is 1. The number of nitrogens with one attached hydrogen (secondary N) is 2. The van der Waals surface area contributed by atoms with Crippen molar-refractivity contribution in [1.82, 2.24) is 14.9 Å². The number of hydrogen-bond donors (Lipinski definition) is 2. The van der Waals surface area contributed by atoms with Crippen molar-refractivity contribution < 1.29 is 14.3 Å². The molecular weight excluding hydrogens is 378 g/mol. The SMILES string of the molecule is COC(=O)c1ccc2c(=O)n(CCC(=O)NC3CCCCCC3)c(=S)[nH]c2c1. The summed E-state index contributed by atoms with van der Waals surface area (Å²) in [6.45, 7) is 0.210. The van der Waals surface area contributed by atoms with E-state index < -0.39 is 5.97 Å². The van der Waals surface area contributed by atoms with Gasteiger partial charge in [-0.1, -0.05) is 25.7 Å². The summed E-state index contributed by atoms with van der Waals surface area (Å²) in [5.41, 5.74) is 0.523. The first-order valence-electron chi connectivity index (χ1n) is 9.64. The molecule has 150 valence electrons. The Kier molecular flexibility index (Phi) is 6.61. The second-order valence-electron chi connectivity index (χ2n) is 7.14. The number of fused-ring (bicyclic) bond motifs is 1. The van der Waals surface area contributed by atoms with Crippen LogP contribution in [0.5, 0.6) is 0 Å². The average Bonchev–Trinajstić information content (AvgIpc) is 2.95. The maximum atomic E-state index is 12.8. The number of aromatic nitrogens is 2. The van der Waals surface area contributed by atoms with Crippen LogP contribution >= 0.6 is 12.2 Å². The minimum absolute atomic E-state index is 0.0608. The van der Waals surface area contributed by atoms with Crippen LogP contribution < -0.4 is 10.9 Å². The zero-order valence-corrected chi connectivity index (χ0v) is 16.8. The smallest absolute Gasteiger partial charge is 0.337 e. The molecule has 2 N–H and O–H groups in total. The van der Waals surface area contributed by atoms with Gasteiger partial charge in [0.15, 0.2) is 4.77 Å². The lowest BCUT2D eigenvalue weighted by Gasteiger charge is -2.16. The third-order valence-corrected chi connectivity index (χ3v) is 5.51. The molecule has 0 aliphatic heterocycles. The van der Waals surface area contributed by atoms with Crippen molar-refractivity contribution in [2.45, 2.75) is 57.5 Å². The van der Waals surface area contributed by atoms with Crippen molar-refractivity contribution >= 4 is 35.0 Å². The van der Waals surface area contributed by atoms with Gasteiger partial charge in [0.25, 0.3) is 5.56 Å².